The lowest BCUT2D eigenvalue weighted by Gasteiger charge is -2.43. The molecule has 4 amide bonds. The summed E-state index contributed by atoms with van der Waals surface area (Å²) in [6.07, 6.45) is 0.853. The predicted molar refractivity (Wildman–Crippen MR) is 158 cm³/mol. The molecule has 8 nitrogen and oxygen atoms in total. The fraction of sp³-hybridized carbons (Fsp3) is 0.300. The van der Waals surface area contributed by atoms with Gasteiger partial charge in [0, 0.05) is 18.8 Å². The van der Waals surface area contributed by atoms with Crippen LogP contribution in [0.5, 0.6) is 0 Å². The molecule has 0 saturated carbocycles. The topological polar surface area (TPSA) is 85.0 Å². The van der Waals surface area contributed by atoms with Gasteiger partial charge in [-0.15, -0.1) is 0 Å². The highest BCUT2D eigenvalue weighted by molar-refractivity contribution is 6.43. The van der Waals surface area contributed by atoms with E-state index in [-0.39, 0.29) is 35.5 Å². The first-order valence-corrected chi connectivity index (χ1v) is 14.0. The molecule has 2 heterocycles. The number of piperidine rings is 1. The molecule has 2 N–H and O–H groups in total. The van der Waals surface area contributed by atoms with Crippen molar-refractivity contribution in [2.75, 3.05) is 36.5 Å². The number of nitrogens with one attached hydrogen (secondary N) is 2. The number of carbonyl (C=O) groups is 3. The van der Waals surface area contributed by atoms with Gasteiger partial charge in [-0.1, -0.05) is 77.8 Å². The number of carbonyl (C=O) groups excluding carboxylic acids is 3. The van der Waals surface area contributed by atoms with Gasteiger partial charge in [-0.25, -0.2) is 4.79 Å². The Morgan fingerprint density at radius 3 is 2.25 bits per heavy atom. The maximum atomic E-state index is 14.0. The fourth-order valence-electron chi connectivity index (χ4n) is 5.48. The zero-order chi connectivity index (χ0) is 28.3. The molecule has 1 unspecified atom stereocenters. The largest absolute Gasteiger partial charge is 0.348 e. The highest BCUT2D eigenvalue weighted by atomic mass is 35.5. The van der Waals surface area contributed by atoms with Gasteiger partial charge in [0.2, 0.25) is 5.91 Å². The number of benzene rings is 3. The van der Waals surface area contributed by atoms with Gasteiger partial charge in [0.15, 0.2) is 0 Å². The van der Waals surface area contributed by atoms with Gasteiger partial charge in [0.05, 0.1) is 28.4 Å². The maximum absolute atomic E-state index is 14.0. The smallest absolute Gasteiger partial charge is 0.321 e. The third-order valence-corrected chi connectivity index (χ3v) is 8.48. The highest BCUT2D eigenvalue weighted by Gasteiger charge is 2.54. The average molecular weight is 581 g/mol. The van der Waals surface area contributed by atoms with Crippen LogP contribution in [0.25, 0.3) is 0 Å². The molecule has 2 aliphatic heterocycles. The number of para-hydroxylation sites is 1. The van der Waals surface area contributed by atoms with Crippen LogP contribution in [-0.2, 0) is 9.59 Å². The molecule has 1 atom stereocenters. The minimum absolute atomic E-state index is 0.0431. The zero-order valence-electron chi connectivity index (χ0n) is 22.1. The normalized spacial score (nSPS) is 17.2. The van der Waals surface area contributed by atoms with Crippen LogP contribution < -0.4 is 15.5 Å². The van der Waals surface area contributed by atoms with E-state index in [1.807, 2.05) is 67.6 Å². The van der Waals surface area contributed by atoms with Gasteiger partial charge >= 0.3 is 6.03 Å². The number of halogens is 2. The summed E-state index contributed by atoms with van der Waals surface area (Å²) < 4.78 is 0. The molecule has 40 heavy (non-hydrogen) atoms. The maximum Gasteiger partial charge on any atom is 0.321 e. The Balaban J connectivity index is 1.29. The average Bonchev–Trinajstić information content (AvgIpc) is 3.22. The summed E-state index contributed by atoms with van der Waals surface area (Å²) in [6, 6.07) is 24.0. The van der Waals surface area contributed by atoms with E-state index in [1.165, 1.54) is 0 Å². The molecule has 2 aliphatic rings. The second-order valence-electron chi connectivity index (χ2n) is 10.2. The van der Waals surface area contributed by atoms with E-state index < -0.39 is 5.54 Å². The van der Waals surface area contributed by atoms with Crippen molar-refractivity contribution < 1.29 is 14.4 Å². The number of nitrogens with zero attached hydrogens (tertiary/aromatic N) is 3. The summed E-state index contributed by atoms with van der Waals surface area (Å²) in [7, 11) is 0. The van der Waals surface area contributed by atoms with Crippen molar-refractivity contribution in [3.63, 3.8) is 0 Å². The van der Waals surface area contributed by atoms with Crippen molar-refractivity contribution in [1.29, 1.82) is 0 Å². The van der Waals surface area contributed by atoms with Crippen LogP contribution in [0.1, 0.15) is 31.4 Å². The summed E-state index contributed by atoms with van der Waals surface area (Å²) in [5.74, 6) is -0.318. The van der Waals surface area contributed by atoms with Gasteiger partial charge in [-0.2, -0.15) is 0 Å². The highest BCUT2D eigenvalue weighted by Crippen LogP contribution is 2.40. The fourth-order valence-corrected chi connectivity index (χ4v) is 5.83. The van der Waals surface area contributed by atoms with Gasteiger partial charge in [-0.3, -0.25) is 9.59 Å². The number of likely N-dealkylation sites (tertiary alicyclic amines) is 1. The van der Waals surface area contributed by atoms with Gasteiger partial charge in [-0.05, 0) is 49.6 Å². The Bertz CT molecular complexity index is 1380. The quantitative estimate of drug-likeness (QED) is 0.401. The molecule has 0 bridgehead atoms. The number of anilines is 2. The molecule has 3 aromatic rings. The van der Waals surface area contributed by atoms with E-state index in [1.54, 1.807) is 28.0 Å². The van der Waals surface area contributed by atoms with E-state index in [4.69, 9.17) is 23.2 Å². The van der Waals surface area contributed by atoms with Crippen molar-refractivity contribution in [2.45, 2.75) is 31.3 Å². The minimum atomic E-state index is -0.850. The molecular weight excluding hydrogens is 549 g/mol. The molecular formula is C30H31Cl2N5O3. The Labute approximate surface area is 243 Å². The summed E-state index contributed by atoms with van der Waals surface area (Å²) in [6.45, 7) is 2.90. The summed E-state index contributed by atoms with van der Waals surface area (Å²) in [5, 5.41) is 6.48. The van der Waals surface area contributed by atoms with Crippen molar-refractivity contribution in [3.05, 3.63) is 94.5 Å². The van der Waals surface area contributed by atoms with Gasteiger partial charge in [0.25, 0.3) is 5.91 Å². The standard InChI is InChI=1S/C30H31Cl2N5O3/c1-21(22-9-4-2-5-10-22)33-26(38)19-36-20-37(23-11-6-3-7-12-23)30(28(36)39)15-17-35(18-16-30)29(40)34-25-14-8-13-24(31)27(25)32/h2-14,21H,15-20H2,1H3,(H,33,38)(H,34,40). The number of amides is 4. The number of hydrogen-bond acceptors (Lipinski definition) is 4. The molecule has 2 fully saturated rings. The van der Waals surface area contributed by atoms with E-state index in [2.05, 4.69) is 15.5 Å². The van der Waals surface area contributed by atoms with E-state index in [0.717, 1.165) is 11.3 Å². The Morgan fingerprint density at radius 1 is 0.925 bits per heavy atom. The second-order valence-corrected chi connectivity index (χ2v) is 10.9. The van der Waals surface area contributed by atoms with E-state index in [9.17, 15) is 14.4 Å². The van der Waals surface area contributed by atoms with Crippen LogP contribution >= 0.6 is 23.2 Å². The first kappa shape index (κ1) is 27.8. The van der Waals surface area contributed by atoms with Gasteiger partial charge < -0.3 is 25.3 Å². The summed E-state index contributed by atoms with van der Waals surface area (Å²) in [5.41, 5.74) is 1.48. The zero-order valence-corrected chi connectivity index (χ0v) is 23.7. The summed E-state index contributed by atoms with van der Waals surface area (Å²) in [4.78, 5) is 45.4. The van der Waals surface area contributed by atoms with Crippen molar-refractivity contribution in [2.24, 2.45) is 0 Å². The molecule has 10 heteroatoms. The lowest BCUT2D eigenvalue weighted by Crippen LogP contribution is -2.58. The minimum Gasteiger partial charge on any atom is -0.348 e. The third kappa shape index (κ3) is 5.60. The Kier molecular flexibility index (Phi) is 8.19. The molecule has 2 saturated heterocycles. The Morgan fingerprint density at radius 2 is 1.57 bits per heavy atom. The van der Waals surface area contributed by atoms with Crippen LogP contribution in [0.15, 0.2) is 78.9 Å². The number of urea groups is 1. The number of rotatable bonds is 6. The lowest BCUT2D eigenvalue weighted by molar-refractivity contribution is -0.137. The van der Waals surface area contributed by atoms with Crippen LogP contribution in [0.4, 0.5) is 16.2 Å². The second kappa shape index (κ2) is 11.8. The SMILES string of the molecule is CC(NC(=O)CN1CN(c2ccccc2)C2(CCN(C(=O)Nc3cccc(Cl)c3Cl)CC2)C1=O)c1ccccc1. The predicted octanol–water partition coefficient (Wildman–Crippen LogP) is 5.54. The number of hydrogen-bond donors (Lipinski definition) is 2. The first-order chi connectivity index (χ1) is 19.3. The Hall–Kier alpha value is -3.75. The van der Waals surface area contributed by atoms with Crippen LogP contribution in [-0.4, -0.2) is 59.5 Å². The van der Waals surface area contributed by atoms with Gasteiger partial charge in [0.1, 0.15) is 12.1 Å². The molecule has 0 aliphatic carbocycles. The molecule has 5 rings (SSSR count). The van der Waals surface area contributed by atoms with Crippen LogP contribution in [0.2, 0.25) is 10.0 Å². The van der Waals surface area contributed by atoms with Crippen LogP contribution in [0.3, 0.4) is 0 Å². The summed E-state index contributed by atoms with van der Waals surface area (Å²) >= 11 is 12.3. The molecule has 3 aromatic carbocycles. The monoisotopic (exact) mass is 579 g/mol. The molecule has 0 radical (unpaired) electrons. The van der Waals surface area contributed by atoms with Crippen molar-refractivity contribution >= 4 is 52.4 Å². The molecule has 1 spiro atoms. The first-order valence-electron chi connectivity index (χ1n) is 13.2. The lowest BCUT2D eigenvalue weighted by atomic mass is 9.85. The van der Waals surface area contributed by atoms with Crippen LogP contribution in [0, 0.1) is 0 Å². The third-order valence-electron chi connectivity index (χ3n) is 7.66. The van der Waals surface area contributed by atoms with Crippen molar-refractivity contribution in [1.82, 2.24) is 15.1 Å². The molecule has 208 valence electrons. The van der Waals surface area contributed by atoms with E-state index in [0.29, 0.717) is 43.3 Å². The molecule has 0 aromatic heterocycles. The van der Waals surface area contributed by atoms with E-state index >= 15 is 0 Å². The van der Waals surface area contributed by atoms with Crippen molar-refractivity contribution in [3.8, 4) is 0 Å².